The third kappa shape index (κ3) is 24.9. The Morgan fingerprint density at radius 1 is 0.538 bits per heavy atom. The number of carbonyl (C=O) groups is 9. The molecule has 12 rings (SSSR count). The van der Waals surface area contributed by atoms with Crippen LogP contribution in [0.1, 0.15) is 226 Å². The number of carboxylic acid groups (broad SMARTS) is 1. The fourth-order valence-corrected chi connectivity index (χ4v) is 14.6. The van der Waals surface area contributed by atoms with E-state index in [4.69, 9.17) is 56.9 Å². The Hall–Kier alpha value is -10.3. The summed E-state index contributed by atoms with van der Waals surface area (Å²) < 4.78 is 51.1. The lowest BCUT2D eigenvalue weighted by Gasteiger charge is -2.38. The summed E-state index contributed by atoms with van der Waals surface area (Å²) in [5.74, 6) is -4.63. The zero-order valence-electron chi connectivity index (χ0n) is 68.3. The van der Waals surface area contributed by atoms with Gasteiger partial charge in [0.25, 0.3) is 11.8 Å². The van der Waals surface area contributed by atoms with Gasteiger partial charge >= 0.3 is 30.1 Å². The molecular formula is C91H110Cl3F2N7O16. The summed E-state index contributed by atoms with van der Waals surface area (Å²) in [5, 5.41) is 22.5. The molecule has 0 saturated heterocycles. The number of aliphatic carboxylic acids is 1. The standard InChI is InChI=1S/C42H45ClFN3O7.C37H37ClFN3O5.C10H19NO4.2CH4.ClH/c1-41(2,3)52-39(50)27-15-13-25(14-16-27)23-34(48)37-30-10-7-9-28(26-17-20-46(21-18-26)40(51)53-42(4,5)6)29(30)19-22-47(37)38(49)35-24-33(45-54-35)31-11-8-12-32(43)36(31)44;1-37(2,3)46-36(45)24-12-10-22(11-13-24)20-31(43)34-27-7-4-6-25(23-14-17-40-18-15-23)26(27)16-19-42(34)35(44)32-21-30(41-47-32)28-8-5-9-29(38)33(28)39;1-6(2)7(8(12)13)11-9(14)15-10(3,4)5;;;/h7-17,35,37H,18-24H2,1-6H3;4-14,32,34,40H,15-21H2,1-3H3;6-7H,1-5H3,(H,11,14)(H,12,13);2*1H4;1H/t35-,37+;32-,34+;7-;;;/m110.../s1. The lowest BCUT2D eigenvalue weighted by Crippen LogP contribution is -2.48. The normalized spacial score (nSPS) is 17.8. The molecule has 6 aromatic carbocycles. The van der Waals surface area contributed by atoms with E-state index in [-0.39, 0.29) is 122 Å². The van der Waals surface area contributed by atoms with Crippen LogP contribution >= 0.6 is 35.6 Å². The number of carbonyl (C=O) groups excluding carboxylic acids is 8. The quantitative estimate of drug-likeness (QED) is 0.0565. The summed E-state index contributed by atoms with van der Waals surface area (Å²) in [7, 11) is 0. The maximum atomic E-state index is 14.9. The second-order valence-corrected chi connectivity index (χ2v) is 34.3. The predicted octanol–water partition coefficient (Wildman–Crippen LogP) is 17.4. The van der Waals surface area contributed by atoms with Crippen molar-refractivity contribution < 1.29 is 85.7 Å². The highest BCUT2D eigenvalue weighted by molar-refractivity contribution is 6.31. The summed E-state index contributed by atoms with van der Waals surface area (Å²) in [6.45, 7) is 27.9. The number of oxime groups is 2. The number of hydrogen-bond donors (Lipinski definition) is 3. The van der Waals surface area contributed by atoms with Crippen molar-refractivity contribution >= 4 is 112 Å². The molecule has 6 aliphatic rings. The second kappa shape index (κ2) is 40.6. The van der Waals surface area contributed by atoms with Gasteiger partial charge in [-0.25, -0.2) is 32.8 Å². The number of halogens is 5. The van der Waals surface area contributed by atoms with Gasteiger partial charge in [-0.1, -0.05) is 147 Å². The highest BCUT2D eigenvalue weighted by Gasteiger charge is 2.45. The molecule has 0 unspecified atom stereocenters. The third-order valence-corrected chi connectivity index (χ3v) is 20.2. The number of nitrogens with zero attached hydrogens (tertiary/aromatic N) is 5. The number of benzene rings is 6. The molecule has 5 atom stereocenters. The van der Waals surface area contributed by atoms with Gasteiger partial charge < -0.3 is 59.1 Å². The van der Waals surface area contributed by atoms with E-state index in [2.05, 4.69) is 33.1 Å². The second-order valence-electron chi connectivity index (χ2n) is 33.5. The van der Waals surface area contributed by atoms with Crippen molar-refractivity contribution in [3.05, 3.63) is 222 Å². The van der Waals surface area contributed by atoms with Crippen LogP contribution in [0.25, 0.3) is 11.1 Å². The molecule has 0 aromatic heterocycles. The Balaban J connectivity index is 0.000000276. The van der Waals surface area contributed by atoms with E-state index >= 15 is 0 Å². The molecule has 0 aliphatic carbocycles. The first-order valence-corrected chi connectivity index (χ1v) is 39.6. The van der Waals surface area contributed by atoms with Gasteiger partial charge in [0.05, 0.1) is 32.6 Å². The highest BCUT2D eigenvalue weighted by Crippen LogP contribution is 2.41. The molecular weight excluding hydrogens is 1590 g/mol. The lowest BCUT2D eigenvalue weighted by atomic mass is 9.82. The molecule has 6 aromatic rings. The number of ketones is 2. The molecule has 640 valence electrons. The van der Waals surface area contributed by atoms with Gasteiger partial charge in [-0.2, -0.15) is 0 Å². The monoisotopic (exact) mass is 1700 g/mol. The number of alkyl carbamates (subject to hydrolysis) is 1. The zero-order valence-corrected chi connectivity index (χ0v) is 70.6. The van der Waals surface area contributed by atoms with Gasteiger partial charge in [0.15, 0.2) is 23.2 Å². The number of ether oxygens (including phenoxy) is 4. The minimum Gasteiger partial charge on any atom is -0.480 e. The van der Waals surface area contributed by atoms with Crippen molar-refractivity contribution in [3.8, 4) is 0 Å². The Morgan fingerprint density at radius 2 is 0.941 bits per heavy atom. The molecule has 6 heterocycles. The summed E-state index contributed by atoms with van der Waals surface area (Å²) in [5.41, 5.74) is 8.37. The number of carboxylic acids is 1. The van der Waals surface area contributed by atoms with E-state index in [1.165, 1.54) is 23.8 Å². The molecule has 28 heteroatoms. The zero-order chi connectivity index (χ0) is 84.5. The maximum absolute atomic E-state index is 14.9. The number of Topliss-reactive ketones (excluding diaryl/α,β-unsaturated/α-hetero) is 2. The molecule has 0 fully saturated rings. The summed E-state index contributed by atoms with van der Waals surface area (Å²) in [4.78, 5) is 133. The van der Waals surface area contributed by atoms with E-state index in [9.17, 15) is 51.9 Å². The van der Waals surface area contributed by atoms with E-state index < -0.39 is 94.3 Å². The minimum absolute atomic E-state index is 0. The van der Waals surface area contributed by atoms with Crippen LogP contribution in [-0.2, 0) is 78.3 Å². The maximum Gasteiger partial charge on any atom is 0.410 e. The lowest BCUT2D eigenvalue weighted by molar-refractivity contribution is -0.149. The Bertz CT molecular complexity index is 4870. The summed E-state index contributed by atoms with van der Waals surface area (Å²) in [6.07, 6.45) is 3.65. The fourth-order valence-electron chi connectivity index (χ4n) is 14.3. The van der Waals surface area contributed by atoms with Crippen molar-refractivity contribution in [1.29, 1.82) is 0 Å². The van der Waals surface area contributed by atoms with Crippen molar-refractivity contribution in [2.24, 2.45) is 16.2 Å². The number of esters is 2. The molecule has 119 heavy (non-hydrogen) atoms. The van der Waals surface area contributed by atoms with Crippen LogP contribution in [0.4, 0.5) is 18.4 Å². The van der Waals surface area contributed by atoms with Crippen LogP contribution in [0.2, 0.25) is 10.0 Å². The van der Waals surface area contributed by atoms with Gasteiger partial charge in [0.1, 0.15) is 40.5 Å². The van der Waals surface area contributed by atoms with Crippen LogP contribution in [0, 0.1) is 17.6 Å². The Kier molecular flexibility index (Phi) is 32.7. The third-order valence-electron chi connectivity index (χ3n) is 19.6. The first-order chi connectivity index (χ1) is 54.6. The molecule has 0 radical (unpaired) electrons. The Morgan fingerprint density at radius 3 is 1.31 bits per heavy atom. The smallest absolute Gasteiger partial charge is 0.410 e. The molecule has 0 spiro atoms. The fraction of sp³-hybridized carbons (Fsp3) is 0.440. The summed E-state index contributed by atoms with van der Waals surface area (Å²) >= 11 is 12.0. The molecule has 3 N–H and O–H groups in total. The Labute approximate surface area is 711 Å². The number of nitrogens with one attached hydrogen (secondary N) is 2. The van der Waals surface area contributed by atoms with Crippen LogP contribution in [0.5, 0.6) is 0 Å². The van der Waals surface area contributed by atoms with Gasteiger partial charge in [-0.05, 0) is 225 Å². The average molecular weight is 1700 g/mol. The first kappa shape index (κ1) is 95.8. The van der Waals surface area contributed by atoms with Crippen LogP contribution < -0.4 is 10.6 Å². The van der Waals surface area contributed by atoms with Gasteiger partial charge in [0.2, 0.25) is 12.2 Å². The molecule has 0 bridgehead atoms. The average Bonchev–Trinajstić information content (AvgIpc) is 1.72. The summed E-state index contributed by atoms with van der Waals surface area (Å²) in [6, 6.07) is 31.6. The van der Waals surface area contributed by atoms with E-state index in [0.717, 1.165) is 52.9 Å². The van der Waals surface area contributed by atoms with Gasteiger partial charge in [-0.3, -0.25) is 19.2 Å². The predicted molar refractivity (Wildman–Crippen MR) is 457 cm³/mol. The van der Waals surface area contributed by atoms with Crippen LogP contribution in [0.15, 0.2) is 144 Å². The number of rotatable bonds is 17. The van der Waals surface area contributed by atoms with Gasteiger partial charge in [0, 0.05) is 69.5 Å². The number of fused-ring (bicyclic) bond motifs is 2. The van der Waals surface area contributed by atoms with Crippen molar-refractivity contribution in [1.82, 2.24) is 25.3 Å². The van der Waals surface area contributed by atoms with E-state index in [1.807, 2.05) is 57.2 Å². The van der Waals surface area contributed by atoms with Crippen molar-refractivity contribution in [2.75, 3.05) is 39.3 Å². The number of amides is 4. The van der Waals surface area contributed by atoms with Gasteiger partial charge in [-0.15, -0.1) is 12.4 Å². The minimum atomic E-state index is -1.06. The van der Waals surface area contributed by atoms with Crippen LogP contribution in [-0.4, -0.2) is 165 Å². The molecule has 23 nitrogen and oxygen atoms in total. The highest BCUT2D eigenvalue weighted by atomic mass is 35.5. The van der Waals surface area contributed by atoms with Crippen molar-refractivity contribution in [3.63, 3.8) is 0 Å². The number of hydrogen-bond acceptors (Lipinski definition) is 18. The van der Waals surface area contributed by atoms with Crippen molar-refractivity contribution in [2.45, 2.75) is 216 Å². The SMILES string of the molecule is C.C.CC(C)(C)OC(=O)c1ccc(CC(=O)[C@@H]2c3cccc(C4=CCN(C(=O)OC(C)(C)C)CC4)c3CCN2C(=O)[C@H]2CC(c3cccc(Cl)c3F)=NO2)cc1.CC(C)(C)OC(=O)c1ccc(CC(=O)[C@@H]2c3cccc(C4=CCNCC4)c3CCN2C(=O)[C@H]2CC(c3cccc(Cl)c3F)=NO2)cc1.CC(C)[C@H](NC(=O)OC(C)(C)C)C(=O)O.Cl. The van der Waals surface area contributed by atoms with Crippen LogP contribution in [0.3, 0.4) is 0 Å². The molecule has 0 saturated carbocycles. The molecule has 4 amide bonds. The largest absolute Gasteiger partial charge is 0.480 e. The van der Waals surface area contributed by atoms with E-state index in [1.54, 1.807) is 158 Å². The van der Waals surface area contributed by atoms with E-state index in [0.29, 0.717) is 66.7 Å². The molecule has 6 aliphatic heterocycles. The topological polar surface area (TPSA) is 288 Å². The first-order valence-electron chi connectivity index (χ1n) is 38.8.